The topological polar surface area (TPSA) is 52.6 Å². The highest BCUT2D eigenvalue weighted by Gasteiger charge is 2.51. The molecule has 0 heterocycles. The maximum absolute atomic E-state index is 13.0. The van der Waals surface area contributed by atoms with Gasteiger partial charge in [-0.3, -0.25) is 9.59 Å². The van der Waals surface area contributed by atoms with Crippen molar-refractivity contribution in [1.29, 1.82) is 0 Å². The van der Waals surface area contributed by atoms with E-state index in [4.69, 9.17) is 9.47 Å². The van der Waals surface area contributed by atoms with Crippen LogP contribution in [-0.4, -0.2) is 25.2 Å². The maximum Gasteiger partial charge on any atom is 0.329 e. The van der Waals surface area contributed by atoms with Gasteiger partial charge < -0.3 is 9.47 Å². The summed E-state index contributed by atoms with van der Waals surface area (Å²) >= 11 is 2.11. The molecule has 2 rings (SSSR count). The van der Waals surface area contributed by atoms with Gasteiger partial charge in [-0.1, -0.05) is 48.2 Å². The van der Waals surface area contributed by atoms with E-state index in [0.29, 0.717) is 5.56 Å². The van der Waals surface area contributed by atoms with Crippen molar-refractivity contribution in [3.63, 3.8) is 0 Å². The van der Waals surface area contributed by atoms with Crippen LogP contribution in [-0.2, 0) is 24.5 Å². The molecule has 0 aliphatic carbocycles. The van der Waals surface area contributed by atoms with Crippen LogP contribution >= 0.6 is 22.6 Å². The number of hydrogen-bond donors (Lipinski definition) is 0. The first-order chi connectivity index (χ1) is 13.1. The van der Waals surface area contributed by atoms with Gasteiger partial charge in [-0.15, -0.1) is 0 Å². The molecule has 0 aliphatic rings. The largest absolute Gasteiger partial charge is 0.465 e. The normalized spacial score (nSPS) is 10.5. The number of halogens is 1. The molecule has 0 amide bonds. The standard InChI is InChI=1S/C22H21IO4/c1-3-26-20(24)22(21(25)27-4-2,18-14-8-9-15-19(18)23)16-10-13-17-11-6-5-7-12-17/h5-9,11-12,14-15H,3-4,16H2,1-2H3. The Hall–Kier alpha value is -2.33. The minimum atomic E-state index is -1.62. The van der Waals surface area contributed by atoms with Crippen molar-refractivity contribution in [3.8, 4) is 11.8 Å². The van der Waals surface area contributed by atoms with Gasteiger partial charge in [-0.05, 0) is 60.2 Å². The smallest absolute Gasteiger partial charge is 0.329 e. The highest BCUT2D eigenvalue weighted by molar-refractivity contribution is 14.1. The predicted octanol–water partition coefficient (Wildman–Crippen LogP) is 4.10. The van der Waals surface area contributed by atoms with Crippen LogP contribution in [0.2, 0.25) is 0 Å². The average molecular weight is 476 g/mol. The summed E-state index contributed by atoms with van der Waals surface area (Å²) in [6.07, 6.45) is -0.0282. The van der Waals surface area contributed by atoms with Gasteiger partial charge in [0.25, 0.3) is 0 Å². The summed E-state index contributed by atoms with van der Waals surface area (Å²) in [7, 11) is 0. The zero-order valence-corrected chi connectivity index (χ0v) is 17.5. The van der Waals surface area contributed by atoms with Crippen molar-refractivity contribution < 1.29 is 19.1 Å². The first-order valence-electron chi connectivity index (χ1n) is 8.69. The van der Waals surface area contributed by atoms with Gasteiger partial charge in [-0.2, -0.15) is 0 Å². The molecule has 4 nitrogen and oxygen atoms in total. The van der Waals surface area contributed by atoms with Crippen LogP contribution < -0.4 is 0 Å². The number of ether oxygens (including phenoxy) is 2. The number of benzene rings is 2. The third-order valence-corrected chi connectivity index (χ3v) is 4.88. The second-order valence-corrected chi connectivity index (χ2v) is 6.83. The monoisotopic (exact) mass is 476 g/mol. The fourth-order valence-electron chi connectivity index (χ4n) is 2.66. The van der Waals surface area contributed by atoms with E-state index in [1.165, 1.54) is 0 Å². The third-order valence-electron chi connectivity index (χ3n) is 3.94. The zero-order valence-electron chi connectivity index (χ0n) is 15.3. The van der Waals surface area contributed by atoms with Crippen molar-refractivity contribution in [2.45, 2.75) is 25.7 Å². The highest BCUT2D eigenvalue weighted by Crippen LogP contribution is 2.34. The summed E-state index contributed by atoms with van der Waals surface area (Å²) in [6, 6.07) is 16.6. The van der Waals surface area contributed by atoms with Crippen LogP contribution in [0.25, 0.3) is 0 Å². The molecule has 0 N–H and O–H groups in total. The van der Waals surface area contributed by atoms with Gasteiger partial charge in [0.2, 0.25) is 5.41 Å². The lowest BCUT2D eigenvalue weighted by Gasteiger charge is -2.28. The highest BCUT2D eigenvalue weighted by atomic mass is 127. The second kappa shape index (κ2) is 10.1. The van der Waals surface area contributed by atoms with Crippen molar-refractivity contribution in [2.75, 3.05) is 13.2 Å². The van der Waals surface area contributed by atoms with Crippen molar-refractivity contribution in [3.05, 3.63) is 69.3 Å². The van der Waals surface area contributed by atoms with Crippen LogP contribution in [0.15, 0.2) is 54.6 Å². The van der Waals surface area contributed by atoms with E-state index in [2.05, 4.69) is 34.4 Å². The average Bonchev–Trinajstić information content (AvgIpc) is 2.67. The Kier molecular flexibility index (Phi) is 7.86. The first-order valence-corrected chi connectivity index (χ1v) is 9.77. The molecule has 2 aromatic carbocycles. The van der Waals surface area contributed by atoms with E-state index in [1.54, 1.807) is 26.0 Å². The van der Waals surface area contributed by atoms with E-state index in [-0.39, 0.29) is 19.6 Å². The Bertz CT molecular complexity index is 831. The lowest BCUT2D eigenvalue weighted by Crippen LogP contribution is -2.46. The maximum atomic E-state index is 13.0. The summed E-state index contributed by atoms with van der Waals surface area (Å²) in [5, 5.41) is 0. The van der Waals surface area contributed by atoms with Crippen LogP contribution in [0, 0.1) is 15.4 Å². The van der Waals surface area contributed by atoms with Gasteiger partial charge in [-0.25, -0.2) is 0 Å². The molecule has 2 aromatic rings. The molecular weight excluding hydrogens is 455 g/mol. The van der Waals surface area contributed by atoms with Crippen LogP contribution in [0.4, 0.5) is 0 Å². The minimum absolute atomic E-state index is 0.0282. The molecule has 0 bridgehead atoms. The summed E-state index contributed by atoms with van der Waals surface area (Å²) < 4.78 is 11.3. The number of carbonyl (C=O) groups excluding carboxylic acids is 2. The molecule has 0 aromatic heterocycles. The number of rotatable bonds is 6. The van der Waals surface area contributed by atoms with Gasteiger partial charge in [0.05, 0.1) is 13.2 Å². The molecule has 0 atom stereocenters. The molecule has 0 radical (unpaired) electrons. The Morgan fingerprint density at radius 2 is 1.48 bits per heavy atom. The predicted molar refractivity (Wildman–Crippen MR) is 112 cm³/mol. The van der Waals surface area contributed by atoms with Crippen LogP contribution in [0.5, 0.6) is 0 Å². The van der Waals surface area contributed by atoms with E-state index in [9.17, 15) is 9.59 Å². The fraction of sp³-hybridized carbons (Fsp3) is 0.273. The van der Waals surface area contributed by atoms with Gasteiger partial charge in [0.1, 0.15) is 0 Å². The van der Waals surface area contributed by atoms with E-state index in [1.807, 2.05) is 42.5 Å². The second-order valence-electron chi connectivity index (χ2n) is 5.67. The summed E-state index contributed by atoms with van der Waals surface area (Å²) in [6.45, 7) is 3.74. The molecule has 0 fully saturated rings. The molecule has 140 valence electrons. The molecule has 0 saturated carbocycles. The lowest BCUT2D eigenvalue weighted by atomic mass is 9.77. The molecule has 0 saturated heterocycles. The van der Waals surface area contributed by atoms with E-state index in [0.717, 1.165) is 9.13 Å². The van der Waals surface area contributed by atoms with Gasteiger partial charge in [0, 0.05) is 15.6 Å². The molecule has 27 heavy (non-hydrogen) atoms. The SMILES string of the molecule is CCOC(=O)C(CC#Cc1ccccc1)(C(=O)OCC)c1ccccc1I. The Labute approximate surface area is 173 Å². The number of hydrogen-bond acceptors (Lipinski definition) is 4. The van der Waals surface area contributed by atoms with E-state index >= 15 is 0 Å². The molecule has 0 unspecified atom stereocenters. The van der Waals surface area contributed by atoms with Crippen molar-refractivity contribution in [2.24, 2.45) is 0 Å². The summed E-state index contributed by atoms with van der Waals surface area (Å²) in [5.74, 6) is 4.72. The number of carbonyl (C=O) groups is 2. The molecular formula is C22H21IO4. The summed E-state index contributed by atoms with van der Waals surface area (Å²) in [4.78, 5) is 26.0. The Balaban J connectivity index is 2.57. The van der Waals surface area contributed by atoms with Crippen molar-refractivity contribution >= 4 is 34.5 Å². The van der Waals surface area contributed by atoms with Gasteiger partial charge >= 0.3 is 11.9 Å². The fourth-order valence-corrected chi connectivity index (χ4v) is 3.51. The van der Waals surface area contributed by atoms with Crippen LogP contribution in [0.3, 0.4) is 0 Å². The first kappa shape index (κ1) is 21.0. The number of esters is 2. The Morgan fingerprint density at radius 1 is 0.926 bits per heavy atom. The minimum Gasteiger partial charge on any atom is -0.465 e. The van der Waals surface area contributed by atoms with Crippen LogP contribution in [0.1, 0.15) is 31.4 Å². The lowest BCUT2D eigenvalue weighted by molar-refractivity contribution is -0.164. The summed E-state index contributed by atoms with van der Waals surface area (Å²) in [5.41, 5.74) is -0.266. The van der Waals surface area contributed by atoms with E-state index < -0.39 is 17.4 Å². The quantitative estimate of drug-likeness (QED) is 0.273. The molecule has 0 spiro atoms. The van der Waals surface area contributed by atoms with Crippen molar-refractivity contribution in [1.82, 2.24) is 0 Å². The molecule has 0 aliphatic heterocycles. The van der Waals surface area contributed by atoms with Gasteiger partial charge in [0.15, 0.2) is 0 Å². The zero-order chi connectivity index (χ0) is 19.7. The third kappa shape index (κ3) is 4.89. The molecule has 5 heteroatoms. The Morgan fingerprint density at radius 3 is 2.04 bits per heavy atom.